The molecule has 6 nitrogen and oxygen atoms in total. The van der Waals surface area contributed by atoms with Gasteiger partial charge in [0.25, 0.3) is 0 Å². The highest BCUT2D eigenvalue weighted by atomic mass is 31.2. The van der Waals surface area contributed by atoms with Crippen molar-refractivity contribution < 1.29 is 27.1 Å². The molecule has 0 aromatic carbocycles. The molecule has 4 aliphatic rings. The first-order chi connectivity index (χ1) is 19.5. The van der Waals surface area contributed by atoms with E-state index in [1.165, 1.54) is 11.1 Å². The highest BCUT2D eigenvalue weighted by Crippen LogP contribution is 2.57. The summed E-state index contributed by atoms with van der Waals surface area (Å²) in [6, 6.07) is 0. The van der Waals surface area contributed by atoms with Gasteiger partial charge < -0.3 is 27.1 Å². The Balaban J connectivity index is 1.34. The molecule has 0 saturated carbocycles. The van der Waals surface area contributed by atoms with Crippen LogP contribution in [0.4, 0.5) is 0 Å². The average Bonchev–Trinajstić information content (AvgIpc) is 2.86. The van der Waals surface area contributed by atoms with Crippen LogP contribution in [0, 0.1) is 37.9 Å². The molecule has 0 N–H and O–H groups in total. The third-order valence-corrected chi connectivity index (χ3v) is 12.2. The van der Waals surface area contributed by atoms with Gasteiger partial charge in [-0.15, -0.1) is 0 Å². The molecule has 4 atom stereocenters. The summed E-state index contributed by atoms with van der Waals surface area (Å²) in [6.07, 6.45) is 13.4. The Hall–Kier alpha value is -0.420. The molecule has 2 aliphatic carbocycles. The predicted octanol–water partition coefficient (Wildman–Crippen LogP) is 10.5. The van der Waals surface area contributed by atoms with Crippen molar-refractivity contribution in [2.24, 2.45) is 37.9 Å². The first-order valence-electron chi connectivity index (χ1n) is 15.8. The molecule has 0 radical (unpaired) electrons. The van der Waals surface area contributed by atoms with E-state index < -0.39 is 17.2 Å². The second-order valence-corrected chi connectivity index (χ2v) is 19.9. The monoisotopic (exact) mass is 636 g/mol. The molecule has 2 aliphatic heterocycles. The maximum atomic E-state index is 6.47. The fraction of sp³-hybridized carbons (Fsp3) is 0.771. The van der Waals surface area contributed by atoms with E-state index in [0.29, 0.717) is 26.4 Å². The molecule has 0 aromatic heterocycles. The molecule has 8 heteroatoms. The third-order valence-electron chi connectivity index (χ3n) is 10.0. The van der Waals surface area contributed by atoms with Gasteiger partial charge in [-0.2, -0.15) is 0 Å². The molecule has 43 heavy (non-hydrogen) atoms. The summed E-state index contributed by atoms with van der Waals surface area (Å²) in [5.41, 5.74) is 2.15. The summed E-state index contributed by atoms with van der Waals surface area (Å²) in [4.78, 5) is 0. The van der Waals surface area contributed by atoms with Gasteiger partial charge in [-0.05, 0) is 32.8 Å². The Morgan fingerprint density at radius 1 is 0.581 bits per heavy atom. The molecule has 0 amide bonds. The zero-order chi connectivity index (χ0) is 32.3. The first kappa shape index (κ1) is 35.4. The minimum Gasteiger partial charge on any atom is -0.311 e. The molecule has 0 aromatic rings. The summed E-state index contributed by atoms with van der Waals surface area (Å²) in [7, 11) is -2.97. The van der Waals surface area contributed by atoms with Gasteiger partial charge >= 0.3 is 17.2 Å². The van der Waals surface area contributed by atoms with Gasteiger partial charge in [-0.3, -0.25) is 0 Å². The van der Waals surface area contributed by atoms with Gasteiger partial charge in [-0.1, -0.05) is 133 Å². The summed E-state index contributed by atoms with van der Waals surface area (Å²) >= 11 is 0. The molecule has 4 unspecified atom stereocenters. The lowest BCUT2D eigenvalue weighted by Crippen LogP contribution is -2.45. The number of allylic oxidation sites excluding steroid dienone is 4. The lowest BCUT2D eigenvalue weighted by atomic mass is 9.63. The molecule has 0 bridgehead atoms. The highest BCUT2D eigenvalue weighted by Gasteiger charge is 2.47. The molecule has 1 spiro atoms. The number of hydrogen-bond acceptors (Lipinski definition) is 6. The smallest absolute Gasteiger partial charge is 0.311 e. The molecule has 2 saturated heterocycles. The molecule has 4 rings (SSSR count). The maximum absolute atomic E-state index is 6.47. The van der Waals surface area contributed by atoms with Crippen LogP contribution in [-0.2, 0) is 27.1 Å². The topological polar surface area (TPSA) is 55.4 Å². The van der Waals surface area contributed by atoms with E-state index in [0.717, 1.165) is 0 Å². The van der Waals surface area contributed by atoms with Crippen molar-refractivity contribution in [3.05, 3.63) is 47.6 Å². The van der Waals surface area contributed by atoms with Crippen LogP contribution in [0.15, 0.2) is 47.6 Å². The standard InChI is InChI=1S/C35H58O6P2/c1-29(2,3)25-19-33(13,31(7,8)9)17-15-27(25)40-42-36-21-35(22-37-42)23-38-43(39-24-35)41-28-16-18-34(14,32(10,11)12)20-26(28)30(4,5)6/h15-20,27-28H,21-24H2,1-14H3. The Morgan fingerprint density at radius 2 is 0.884 bits per heavy atom. The molecule has 2 fully saturated rings. The Bertz CT molecular complexity index is 1040. The van der Waals surface area contributed by atoms with Crippen molar-refractivity contribution in [2.45, 2.75) is 109 Å². The number of hydrogen-bond donors (Lipinski definition) is 0. The van der Waals surface area contributed by atoms with Crippen LogP contribution in [0.5, 0.6) is 0 Å². The normalized spacial score (nSPS) is 37.8. The predicted molar refractivity (Wildman–Crippen MR) is 178 cm³/mol. The van der Waals surface area contributed by atoms with Crippen LogP contribution in [-0.4, -0.2) is 38.6 Å². The summed E-state index contributed by atoms with van der Waals surface area (Å²) < 4.78 is 37.7. The average molecular weight is 637 g/mol. The van der Waals surface area contributed by atoms with Gasteiger partial charge in [-0.25, -0.2) is 0 Å². The highest BCUT2D eigenvalue weighted by molar-refractivity contribution is 7.42. The second-order valence-electron chi connectivity index (χ2n) is 17.6. The Kier molecular flexibility index (Phi) is 9.88. The maximum Gasteiger partial charge on any atom is 0.333 e. The number of rotatable bonds is 4. The van der Waals surface area contributed by atoms with Crippen molar-refractivity contribution in [1.29, 1.82) is 0 Å². The van der Waals surface area contributed by atoms with Gasteiger partial charge in [0, 0.05) is 10.8 Å². The molecular weight excluding hydrogens is 578 g/mol. The summed E-state index contributed by atoms with van der Waals surface area (Å²) in [6.45, 7) is 33.6. The van der Waals surface area contributed by atoms with E-state index in [-0.39, 0.29) is 50.1 Å². The zero-order valence-corrected chi connectivity index (χ0v) is 31.1. The molecular formula is C35H58O6P2. The van der Waals surface area contributed by atoms with E-state index in [1.807, 2.05) is 0 Å². The van der Waals surface area contributed by atoms with Gasteiger partial charge in [0.1, 0.15) is 12.2 Å². The molecule has 2 heterocycles. The van der Waals surface area contributed by atoms with E-state index >= 15 is 0 Å². The Labute approximate surface area is 265 Å². The first-order valence-corrected chi connectivity index (χ1v) is 18.0. The van der Waals surface area contributed by atoms with Gasteiger partial charge in [0.15, 0.2) is 0 Å². The van der Waals surface area contributed by atoms with Crippen molar-refractivity contribution in [3.8, 4) is 0 Å². The van der Waals surface area contributed by atoms with Crippen molar-refractivity contribution in [3.63, 3.8) is 0 Å². The van der Waals surface area contributed by atoms with Gasteiger partial charge in [0.2, 0.25) is 0 Å². The van der Waals surface area contributed by atoms with Crippen LogP contribution in [0.1, 0.15) is 96.9 Å². The fourth-order valence-electron chi connectivity index (χ4n) is 5.48. The lowest BCUT2D eigenvalue weighted by Gasteiger charge is -2.46. The SMILES string of the molecule is CC(C)(C)C1=CC(C)(C(C)(C)C)C=CC1OP1OCC2(CO1)COP(OC1C=CC(C)(C(C)(C)C)C=C1C(C)(C)C)OC2. The second kappa shape index (κ2) is 12.0. The minimum atomic E-state index is -1.49. The van der Waals surface area contributed by atoms with Crippen molar-refractivity contribution in [2.75, 3.05) is 26.4 Å². The third kappa shape index (κ3) is 7.77. The van der Waals surface area contributed by atoms with Gasteiger partial charge in [0.05, 0.1) is 31.8 Å². The summed E-state index contributed by atoms with van der Waals surface area (Å²) in [5.74, 6) is 0. The van der Waals surface area contributed by atoms with Crippen molar-refractivity contribution >= 4 is 17.2 Å². The Morgan fingerprint density at radius 3 is 1.14 bits per heavy atom. The van der Waals surface area contributed by atoms with Crippen LogP contribution < -0.4 is 0 Å². The van der Waals surface area contributed by atoms with Crippen LogP contribution in [0.3, 0.4) is 0 Å². The zero-order valence-electron chi connectivity index (χ0n) is 29.3. The van der Waals surface area contributed by atoms with E-state index in [4.69, 9.17) is 27.1 Å². The van der Waals surface area contributed by atoms with Crippen LogP contribution in [0.25, 0.3) is 0 Å². The fourth-order valence-corrected chi connectivity index (χ4v) is 8.13. The lowest BCUT2D eigenvalue weighted by molar-refractivity contribution is -0.0785. The van der Waals surface area contributed by atoms with E-state index in [9.17, 15) is 0 Å². The van der Waals surface area contributed by atoms with Crippen LogP contribution >= 0.6 is 17.2 Å². The van der Waals surface area contributed by atoms with Crippen LogP contribution in [0.2, 0.25) is 0 Å². The van der Waals surface area contributed by atoms with Crippen molar-refractivity contribution in [1.82, 2.24) is 0 Å². The minimum absolute atomic E-state index is 0.0442. The van der Waals surface area contributed by atoms with E-state index in [1.54, 1.807) is 0 Å². The molecule has 244 valence electrons. The summed E-state index contributed by atoms with van der Waals surface area (Å²) in [5, 5.41) is 0. The van der Waals surface area contributed by atoms with E-state index in [2.05, 4.69) is 133 Å². The quantitative estimate of drug-likeness (QED) is 0.226. The largest absolute Gasteiger partial charge is 0.333 e.